The number of nitrogens with one attached hydrogen (secondary N) is 3. The van der Waals surface area contributed by atoms with Crippen LogP contribution in [0.15, 0.2) is 24.1 Å². The smallest absolute Gasteiger partial charge is 0.220 e. The van der Waals surface area contributed by atoms with Crippen LogP contribution in [0.5, 0.6) is 0 Å². The fourth-order valence-electron chi connectivity index (χ4n) is 3.26. The first-order valence-corrected chi connectivity index (χ1v) is 13.5. The van der Waals surface area contributed by atoms with E-state index in [0.29, 0.717) is 29.2 Å². The van der Waals surface area contributed by atoms with Crippen LogP contribution in [-0.2, 0) is 11.3 Å². The van der Waals surface area contributed by atoms with Gasteiger partial charge < -0.3 is 15.7 Å². The third-order valence-corrected chi connectivity index (χ3v) is 5.87. The molecule has 0 saturated carbocycles. The number of unbranched alkanes of at least 4 members (excludes halogenated alkanes) is 1. The number of aryl methyl sites for hydroxylation is 1. The lowest BCUT2D eigenvalue weighted by Gasteiger charge is -2.15. The quantitative estimate of drug-likeness (QED) is 0.231. The zero-order valence-electron chi connectivity index (χ0n) is 16.6. The molecule has 2 aromatic rings. The summed E-state index contributed by atoms with van der Waals surface area (Å²) in [6.45, 7) is 6.08. The first kappa shape index (κ1) is 21.9. The van der Waals surface area contributed by atoms with Crippen molar-refractivity contribution in [3.63, 3.8) is 0 Å². The Kier molecular flexibility index (Phi) is 7.37. The number of aromatic nitrogens is 3. The van der Waals surface area contributed by atoms with Crippen molar-refractivity contribution in [2.24, 2.45) is 0 Å². The van der Waals surface area contributed by atoms with E-state index in [0.717, 1.165) is 41.9 Å². The van der Waals surface area contributed by atoms with Crippen LogP contribution in [0, 0.1) is 5.41 Å². The van der Waals surface area contributed by atoms with Crippen LogP contribution in [0.25, 0.3) is 5.57 Å². The molecule has 0 spiro atoms. The van der Waals surface area contributed by atoms with Gasteiger partial charge in [0.15, 0.2) is 0 Å². The molecule has 0 fully saturated rings. The number of hydrogen-bond acceptors (Lipinski definition) is 8. The van der Waals surface area contributed by atoms with Gasteiger partial charge in [-0.3, -0.25) is 5.41 Å². The van der Waals surface area contributed by atoms with Crippen LogP contribution in [-0.4, -0.2) is 26.7 Å². The van der Waals surface area contributed by atoms with E-state index in [9.17, 15) is 0 Å². The third kappa shape index (κ3) is 4.84. The van der Waals surface area contributed by atoms with E-state index < -0.39 is 0 Å². The molecule has 0 amide bonds. The van der Waals surface area contributed by atoms with Crippen LogP contribution >= 0.6 is 28.4 Å². The molecular formula is C19H25IN7OP. The molecule has 0 aromatic carbocycles. The lowest BCUT2D eigenvalue weighted by Crippen LogP contribution is -2.19. The summed E-state index contributed by atoms with van der Waals surface area (Å²) < 4.78 is 0. The van der Waals surface area contributed by atoms with Crippen LogP contribution in [0.1, 0.15) is 56.1 Å². The highest BCUT2D eigenvalue weighted by atomic mass is 127. The number of allylic oxidation sites excluding steroid dienone is 1. The summed E-state index contributed by atoms with van der Waals surface area (Å²) in [5, 5.41) is 12.1. The number of pyridine rings is 1. The van der Waals surface area contributed by atoms with Gasteiger partial charge in [-0.25, -0.2) is 15.0 Å². The zero-order valence-corrected chi connectivity index (χ0v) is 19.8. The number of nitrogens with two attached hydrogens (primary N) is 1. The molecule has 10 heteroatoms. The van der Waals surface area contributed by atoms with Crippen molar-refractivity contribution in [3.8, 4) is 0 Å². The molecule has 3 heterocycles. The van der Waals surface area contributed by atoms with Crippen molar-refractivity contribution in [3.05, 3.63) is 46.6 Å². The Morgan fingerprint density at radius 2 is 2.21 bits per heavy atom. The number of rotatable bonds is 8. The molecule has 0 bridgehead atoms. The summed E-state index contributed by atoms with van der Waals surface area (Å²) in [4.78, 5) is 18.7. The van der Waals surface area contributed by atoms with Crippen molar-refractivity contribution < 1.29 is 4.84 Å². The first-order valence-electron chi connectivity index (χ1n) is 9.43. The molecule has 0 aliphatic carbocycles. The normalized spacial score (nSPS) is 16.5. The molecular weight excluding hydrogens is 500 g/mol. The molecule has 1 aliphatic heterocycles. The molecule has 2 unspecified atom stereocenters. The molecule has 8 nitrogen and oxygen atoms in total. The lowest BCUT2D eigenvalue weighted by molar-refractivity contribution is 0.122. The van der Waals surface area contributed by atoms with E-state index in [1.807, 2.05) is 26.0 Å². The maximum Gasteiger partial charge on any atom is 0.220 e. The highest BCUT2D eigenvalue weighted by Crippen LogP contribution is 2.32. The molecule has 1 aliphatic rings. The molecule has 3 rings (SSSR count). The van der Waals surface area contributed by atoms with Gasteiger partial charge in [0, 0.05) is 23.7 Å². The number of anilines is 2. The van der Waals surface area contributed by atoms with Crippen LogP contribution in [0.2, 0.25) is 0 Å². The Morgan fingerprint density at radius 1 is 1.41 bits per heavy atom. The molecule has 154 valence electrons. The minimum absolute atomic E-state index is 0.0463. The number of nitrogens with zero attached hydrogens (tertiary/aromatic N) is 3. The van der Waals surface area contributed by atoms with Crippen LogP contribution < -0.4 is 16.3 Å². The van der Waals surface area contributed by atoms with Crippen molar-refractivity contribution in [1.82, 2.24) is 20.4 Å². The van der Waals surface area contributed by atoms with Crippen molar-refractivity contribution in [1.29, 1.82) is 5.41 Å². The third-order valence-electron chi connectivity index (χ3n) is 4.73. The van der Waals surface area contributed by atoms with Gasteiger partial charge in [0.1, 0.15) is 11.6 Å². The molecule has 0 saturated heterocycles. The van der Waals surface area contributed by atoms with Crippen molar-refractivity contribution in [2.45, 2.75) is 46.1 Å². The Hall–Kier alpha value is -1.84. The maximum atomic E-state index is 8.85. The summed E-state index contributed by atoms with van der Waals surface area (Å²) in [5.74, 6) is 1.63. The van der Waals surface area contributed by atoms with Gasteiger partial charge in [-0.05, 0) is 66.4 Å². The number of hydroxylamine groups is 1. The second-order valence-corrected chi connectivity index (χ2v) is 8.86. The molecule has 2 aromatic heterocycles. The summed E-state index contributed by atoms with van der Waals surface area (Å²) in [6.07, 6.45) is 5.01. The van der Waals surface area contributed by atoms with Crippen LogP contribution in [0.3, 0.4) is 0 Å². The zero-order chi connectivity index (χ0) is 21.0. The fourth-order valence-corrected chi connectivity index (χ4v) is 4.31. The van der Waals surface area contributed by atoms with Gasteiger partial charge in [0.25, 0.3) is 0 Å². The van der Waals surface area contributed by atoms with Crippen molar-refractivity contribution in [2.75, 3.05) is 10.8 Å². The predicted octanol–water partition coefficient (Wildman–Crippen LogP) is 4.22. The number of nitrogen functional groups attached to an aromatic ring is 1. The standard InChI is InChI=1S/C19H25IN7OP/c1-4-5-6-12-9-23-19(22)25-17(12)16(21)13-7-8-14(24-18(13)27-29-20)15-10(2)26-28-11(15)3/h7-10,21,26,29H,4-6H2,1-3H3,(H,24,27)(H2,22,23,25). The summed E-state index contributed by atoms with van der Waals surface area (Å²) in [5.41, 5.74) is 13.1. The van der Waals surface area contributed by atoms with E-state index in [-0.39, 0.29) is 12.0 Å². The summed E-state index contributed by atoms with van der Waals surface area (Å²) in [6, 6.07) is 3.88. The summed E-state index contributed by atoms with van der Waals surface area (Å²) >= 11 is 2.26. The summed E-state index contributed by atoms with van der Waals surface area (Å²) in [7, 11) is 0. The van der Waals surface area contributed by atoms with E-state index >= 15 is 0 Å². The minimum atomic E-state index is 0.0463. The second-order valence-electron chi connectivity index (χ2n) is 6.80. The van der Waals surface area contributed by atoms with E-state index in [4.69, 9.17) is 21.0 Å². The lowest BCUT2D eigenvalue weighted by atomic mass is 9.99. The Labute approximate surface area is 185 Å². The van der Waals surface area contributed by atoms with E-state index in [2.05, 4.69) is 49.5 Å². The van der Waals surface area contributed by atoms with Gasteiger partial charge in [0.05, 0.1) is 23.1 Å². The fraction of sp³-hybridized carbons (Fsp3) is 0.368. The Balaban J connectivity index is 2.03. The monoisotopic (exact) mass is 525 g/mol. The highest BCUT2D eigenvalue weighted by Gasteiger charge is 2.25. The van der Waals surface area contributed by atoms with Gasteiger partial charge in [-0.15, -0.1) is 5.48 Å². The largest absolute Gasteiger partial charge is 0.412 e. The topological polar surface area (TPSA) is 122 Å². The molecule has 29 heavy (non-hydrogen) atoms. The van der Waals surface area contributed by atoms with Gasteiger partial charge in [-0.2, -0.15) is 0 Å². The average Bonchev–Trinajstić information content (AvgIpc) is 3.05. The van der Waals surface area contributed by atoms with Crippen molar-refractivity contribution >= 4 is 51.5 Å². The predicted molar refractivity (Wildman–Crippen MR) is 127 cm³/mol. The molecule has 2 atom stereocenters. The van der Waals surface area contributed by atoms with Gasteiger partial charge in [-0.1, -0.05) is 13.3 Å². The number of halogens is 1. The minimum Gasteiger partial charge on any atom is -0.412 e. The maximum absolute atomic E-state index is 8.85. The van der Waals surface area contributed by atoms with E-state index in [1.54, 1.807) is 6.20 Å². The molecule has 5 N–H and O–H groups in total. The first-order chi connectivity index (χ1) is 14.0. The Morgan fingerprint density at radius 3 is 2.86 bits per heavy atom. The van der Waals surface area contributed by atoms with Gasteiger partial charge in [0.2, 0.25) is 5.95 Å². The molecule has 0 radical (unpaired) electrons. The average molecular weight is 525 g/mol. The number of hydrogen-bond donors (Lipinski definition) is 4. The van der Waals surface area contributed by atoms with Gasteiger partial charge >= 0.3 is 0 Å². The van der Waals surface area contributed by atoms with E-state index in [1.165, 1.54) is 0 Å². The Bertz CT molecular complexity index is 950. The second kappa shape index (κ2) is 9.77. The van der Waals surface area contributed by atoms with Crippen LogP contribution in [0.4, 0.5) is 11.8 Å². The highest BCUT2D eigenvalue weighted by molar-refractivity contribution is 14.2. The SMILES string of the molecule is CCCCc1cnc(N)nc1C(=N)c1ccc(C2=C(C)ONC2C)nc1NPI.